The molecule has 0 aliphatic heterocycles. The molecular weight excluding hydrogens is 444 g/mol. The van der Waals surface area contributed by atoms with Gasteiger partial charge in [-0.2, -0.15) is 0 Å². The van der Waals surface area contributed by atoms with Gasteiger partial charge in [0.05, 0.1) is 16.0 Å². The van der Waals surface area contributed by atoms with E-state index in [9.17, 15) is 13.2 Å². The van der Waals surface area contributed by atoms with Crippen molar-refractivity contribution in [2.75, 3.05) is 19.4 Å². The predicted molar refractivity (Wildman–Crippen MR) is 122 cm³/mol. The summed E-state index contributed by atoms with van der Waals surface area (Å²) >= 11 is 7.82. The lowest BCUT2D eigenvalue weighted by Crippen LogP contribution is -2.31. The maximum Gasteiger partial charge on any atom is 0.258 e. The van der Waals surface area contributed by atoms with Gasteiger partial charge in [-0.3, -0.25) is 4.79 Å². The summed E-state index contributed by atoms with van der Waals surface area (Å²) in [6, 6.07) is 12.0. The third-order valence-corrected chi connectivity index (χ3v) is 6.89. The second-order valence-corrected chi connectivity index (χ2v) is 9.75. The fraction of sp³-hybridized carbons (Fsp3) is 0.381. The van der Waals surface area contributed by atoms with Crippen molar-refractivity contribution in [3.63, 3.8) is 0 Å². The van der Waals surface area contributed by atoms with Crippen LogP contribution in [-0.4, -0.2) is 33.7 Å². The summed E-state index contributed by atoms with van der Waals surface area (Å²) in [6.45, 7) is 4.01. The van der Waals surface area contributed by atoms with Crippen LogP contribution in [0, 0.1) is 0 Å². The molecule has 0 fully saturated rings. The van der Waals surface area contributed by atoms with Crippen molar-refractivity contribution in [3.05, 3.63) is 53.1 Å². The molecule has 0 radical (unpaired) electrons. The Bertz CT molecular complexity index is 950. The van der Waals surface area contributed by atoms with E-state index in [1.165, 1.54) is 18.2 Å². The molecule has 9 heteroatoms. The van der Waals surface area contributed by atoms with Crippen LogP contribution in [-0.2, 0) is 14.8 Å². The van der Waals surface area contributed by atoms with E-state index in [1.807, 2.05) is 44.4 Å². The van der Waals surface area contributed by atoms with Crippen LogP contribution < -0.4 is 14.8 Å². The zero-order valence-electron chi connectivity index (χ0n) is 17.3. The fourth-order valence-corrected chi connectivity index (χ4v) is 4.44. The van der Waals surface area contributed by atoms with Crippen molar-refractivity contribution in [3.8, 4) is 5.75 Å². The van der Waals surface area contributed by atoms with Crippen LogP contribution in [0.4, 0.5) is 0 Å². The molecular formula is C21H27ClN2O4S2. The van der Waals surface area contributed by atoms with Crippen molar-refractivity contribution in [2.45, 2.75) is 42.5 Å². The number of nitrogens with one attached hydrogen (secondary N) is 2. The Morgan fingerprint density at radius 1 is 1.20 bits per heavy atom. The van der Waals surface area contributed by atoms with Gasteiger partial charge in [0.25, 0.3) is 5.91 Å². The molecule has 1 atom stereocenters. The molecule has 0 saturated carbocycles. The highest BCUT2D eigenvalue weighted by molar-refractivity contribution is 7.98. The minimum Gasteiger partial charge on any atom is -0.482 e. The number of unbranched alkanes of at least 4 members (excludes halogenated alkanes) is 1. The molecule has 2 N–H and O–H groups in total. The highest BCUT2D eigenvalue weighted by atomic mass is 35.5. The van der Waals surface area contributed by atoms with Crippen LogP contribution in [0.3, 0.4) is 0 Å². The van der Waals surface area contributed by atoms with Crippen molar-refractivity contribution in [1.82, 2.24) is 10.0 Å². The quantitative estimate of drug-likeness (QED) is 0.375. The zero-order valence-corrected chi connectivity index (χ0v) is 19.7. The van der Waals surface area contributed by atoms with E-state index in [0.717, 1.165) is 23.3 Å². The Morgan fingerprint density at radius 2 is 1.90 bits per heavy atom. The number of benzene rings is 2. The predicted octanol–water partition coefficient (Wildman–Crippen LogP) is 4.40. The third-order valence-electron chi connectivity index (χ3n) is 4.39. The number of carbonyl (C=O) groups excluding carboxylic acids is 1. The van der Waals surface area contributed by atoms with E-state index >= 15 is 0 Å². The highest BCUT2D eigenvalue weighted by Crippen LogP contribution is 2.27. The summed E-state index contributed by atoms with van der Waals surface area (Å²) in [5.41, 5.74) is 0.990. The van der Waals surface area contributed by atoms with E-state index in [4.69, 9.17) is 16.3 Å². The molecule has 0 bridgehead atoms. The van der Waals surface area contributed by atoms with Crippen LogP contribution in [0.5, 0.6) is 5.75 Å². The fourth-order valence-electron chi connectivity index (χ4n) is 2.63. The van der Waals surface area contributed by atoms with Crippen molar-refractivity contribution in [1.29, 1.82) is 0 Å². The number of thioether (sulfide) groups is 1. The van der Waals surface area contributed by atoms with E-state index in [-0.39, 0.29) is 34.2 Å². The first kappa shape index (κ1) is 24.5. The number of carbonyl (C=O) groups is 1. The molecule has 30 heavy (non-hydrogen) atoms. The molecule has 2 aromatic carbocycles. The molecule has 2 aromatic rings. The minimum absolute atomic E-state index is 0.0581. The second-order valence-electron chi connectivity index (χ2n) is 6.69. The first-order valence-electron chi connectivity index (χ1n) is 9.62. The first-order chi connectivity index (χ1) is 14.3. The van der Waals surface area contributed by atoms with Crippen LogP contribution in [0.15, 0.2) is 52.3 Å². The Hall–Kier alpha value is -1.74. The van der Waals surface area contributed by atoms with E-state index < -0.39 is 10.0 Å². The minimum atomic E-state index is -3.63. The normalized spacial score (nSPS) is 12.4. The number of ether oxygens (including phenoxy) is 1. The summed E-state index contributed by atoms with van der Waals surface area (Å²) < 4.78 is 32.5. The van der Waals surface area contributed by atoms with E-state index in [0.29, 0.717) is 6.54 Å². The molecule has 2 rings (SSSR count). The SMILES string of the molecule is CCCCNS(=O)(=O)c1ccc(OCC(=O)N[C@@H](C)c2ccc(SC)cc2)c(Cl)c1. The smallest absolute Gasteiger partial charge is 0.258 e. The largest absolute Gasteiger partial charge is 0.482 e. The third kappa shape index (κ3) is 7.19. The standard InChI is InChI=1S/C21H27ClN2O4S2/c1-4-5-12-23-30(26,27)18-10-11-20(19(22)13-18)28-14-21(25)24-15(2)16-6-8-17(29-3)9-7-16/h6-11,13,15,23H,4-5,12,14H2,1-3H3,(H,24,25)/t15-/m0/s1. The van der Waals surface area contributed by atoms with E-state index in [2.05, 4.69) is 10.0 Å². The number of hydrogen-bond donors (Lipinski definition) is 2. The number of hydrogen-bond acceptors (Lipinski definition) is 5. The molecule has 0 heterocycles. The average molecular weight is 471 g/mol. The van der Waals surface area contributed by atoms with Gasteiger partial charge in [0.1, 0.15) is 5.75 Å². The van der Waals surface area contributed by atoms with Gasteiger partial charge in [0.2, 0.25) is 10.0 Å². The Morgan fingerprint density at radius 3 is 2.50 bits per heavy atom. The summed E-state index contributed by atoms with van der Waals surface area (Å²) in [5.74, 6) is -0.0539. The lowest BCUT2D eigenvalue weighted by molar-refractivity contribution is -0.123. The summed E-state index contributed by atoms with van der Waals surface area (Å²) in [7, 11) is -3.63. The number of sulfonamides is 1. The summed E-state index contributed by atoms with van der Waals surface area (Å²) in [4.78, 5) is 13.4. The van der Waals surface area contributed by atoms with Gasteiger partial charge < -0.3 is 10.1 Å². The Balaban J connectivity index is 1.92. The lowest BCUT2D eigenvalue weighted by Gasteiger charge is -2.15. The summed E-state index contributed by atoms with van der Waals surface area (Å²) in [5, 5.41) is 2.99. The van der Waals surface area contributed by atoms with Crippen LogP contribution in [0.2, 0.25) is 5.02 Å². The molecule has 0 unspecified atom stereocenters. The van der Waals surface area contributed by atoms with Gasteiger partial charge in [-0.05, 0) is 55.5 Å². The molecule has 0 aliphatic rings. The van der Waals surface area contributed by atoms with Gasteiger partial charge in [0.15, 0.2) is 6.61 Å². The second kappa shape index (κ2) is 11.6. The van der Waals surface area contributed by atoms with Crippen molar-refractivity contribution >= 4 is 39.3 Å². The maximum absolute atomic E-state index is 12.3. The van der Waals surface area contributed by atoms with Gasteiger partial charge in [-0.15, -0.1) is 11.8 Å². The molecule has 0 saturated heterocycles. The highest BCUT2D eigenvalue weighted by Gasteiger charge is 2.16. The average Bonchev–Trinajstić information content (AvgIpc) is 2.73. The zero-order chi connectivity index (χ0) is 22.1. The molecule has 0 aliphatic carbocycles. The van der Waals surface area contributed by atoms with E-state index in [1.54, 1.807) is 11.8 Å². The van der Waals surface area contributed by atoms with Crippen LogP contribution in [0.1, 0.15) is 38.3 Å². The number of rotatable bonds is 11. The van der Waals surface area contributed by atoms with Gasteiger partial charge in [0, 0.05) is 11.4 Å². The Labute approximate surface area is 187 Å². The lowest BCUT2D eigenvalue weighted by atomic mass is 10.1. The topological polar surface area (TPSA) is 84.5 Å². The van der Waals surface area contributed by atoms with Crippen molar-refractivity contribution < 1.29 is 17.9 Å². The molecule has 6 nitrogen and oxygen atoms in total. The molecule has 0 aromatic heterocycles. The summed E-state index contributed by atoms with van der Waals surface area (Å²) in [6.07, 6.45) is 3.65. The van der Waals surface area contributed by atoms with Crippen LogP contribution in [0.25, 0.3) is 0 Å². The maximum atomic E-state index is 12.3. The molecule has 164 valence electrons. The molecule has 0 spiro atoms. The van der Waals surface area contributed by atoms with Crippen molar-refractivity contribution in [2.24, 2.45) is 0 Å². The van der Waals surface area contributed by atoms with Gasteiger partial charge in [-0.25, -0.2) is 13.1 Å². The van der Waals surface area contributed by atoms with Gasteiger partial charge in [-0.1, -0.05) is 37.1 Å². The monoisotopic (exact) mass is 470 g/mol. The first-order valence-corrected chi connectivity index (χ1v) is 12.7. The molecule has 1 amide bonds. The van der Waals surface area contributed by atoms with Crippen LogP contribution >= 0.6 is 23.4 Å². The Kier molecular flexibility index (Phi) is 9.48. The number of halogens is 1. The number of amides is 1. The van der Waals surface area contributed by atoms with Gasteiger partial charge >= 0.3 is 0 Å².